The monoisotopic (exact) mass is 186 g/mol. The highest BCUT2D eigenvalue weighted by molar-refractivity contribution is 5.04. The summed E-state index contributed by atoms with van der Waals surface area (Å²) in [5.41, 5.74) is 0. The van der Waals surface area contributed by atoms with E-state index in [2.05, 4.69) is 5.92 Å². The summed E-state index contributed by atoms with van der Waals surface area (Å²) in [4.78, 5) is 0. The molecule has 4 nitrogen and oxygen atoms in total. The van der Waals surface area contributed by atoms with E-state index in [-0.39, 0.29) is 6.61 Å². The zero-order chi connectivity index (χ0) is 10.1. The lowest BCUT2D eigenvalue weighted by molar-refractivity contribution is -0.155. The topological polar surface area (TPSA) is 58.9 Å². The van der Waals surface area contributed by atoms with Crippen molar-refractivity contribution >= 4 is 0 Å². The van der Waals surface area contributed by atoms with Crippen molar-refractivity contribution in [2.24, 2.45) is 0 Å². The molecule has 0 aromatic rings. The molecule has 0 amide bonds. The van der Waals surface area contributed by atoms with E-state index in [1.54, 1.807) is 13.8 Å². The van der Waals surface area contributed by atoms with Crippen molar-refractivity contribution in [3.8, 4) is 12.3 Å². The highest BCUT2D eigenvalue weighted by Gasteiger charge is 2.43. The van der Waals surface area contributed by atoms with E-state index >= 15 is 0 Å². The van der Waals surface area contributed by atoms with Crippen molar-refractivity contribution in [2.75, 3.05) is 6.61 Å². The molecular formula is C9H14O4. The van der Waals surface area contributed by atoms with E-state index in [1.165, 1.54) is 0 Å². The fourth-order valence-corrected chi connectivity index (χ4v) is 1.30. The molecule has 1 aliphatic heterocycles. The first-order valence-corrected chi connectivity index (χ1v) is 4.11. The van der Waals surface area contributed by atoms with Gasteiger partial charge in [-0.1, -0.05) is 5.92 Å². The van der Waals surface area contributed by atoms with Gasteiger partial charge in [0.05, 0.1) is 6.61 Å². The predicted octanol–water partition coefficient (Wildman–Crippen LogP) is -0.507. The highest BCUT2D eigenvalue weighted by atomic mass is 16.8. The van der Waals surface area contributed by atoms with E-state index in [9.17, 15) is 5.11 Å². The summed E-state index contributed by atoms with van der Waals surface area (Å²) in [6.07, 6.45) is 2.94. The second-order valence-electron chi connectivity index (χ2n) is 3.44. The summed E-state index contributed by atoms with van der Waals surface area (Å²) < 4.78 is 10.6. The van der Waals surface area contributed by atoms with Gasteiger partial charge in [0, 0.05) is 0 Å². The van der Waals surface area contributed by atoms with Gasteiger partial charge in [0.25, 0.3) is 0 Å². The van der Waals surface area contributed by atoms with Crippen LogP contribution < -0.4 is 0 Å². The number of terminal acetylenes is 1. The van der Waals surface area contributed by atoms with Gasteiger partial charge in [-0.3, -0.25) is 0 Å². The van der Waals surface area contributed by atoms with Gasteiger partial charge in [-0.25, -0.2) is 0 Å². The van der Waals surface area contributed by atoms with Crippen LogP contribution in [0.25, 0.3) is 0 Å². The first kappa shape index (κ1) is 10.5. The van der Waals surface area contributed by atoms with Crippen molar-refractivity contribution in [3.05, 3.63) is 0 Å². The van der Waals surface area contributed by atoms with Crippen molar-refractivity contribution in [2.45, 2.75) is 37.9 Å². The summed E-state index contributed by atoms with van der Waals surface area (Å²) >= 11 is 0. The van der Waals surface area contributed by atoms with E-state index in [0.717, 1.165) is 0 Å². The summed E-state index contributed by atoms with van der Waals surface area (Å²) in [7, 11) is 0. The Hall–Kier alpha value is -0.600. The van der Waals surface area contributed by atoms with Gasteiger partial charge >= 0.3 is 0 Å². The molecule has 74 valence electrons. The third kappa shape index (κ3) is 2.20. The van der Waals surface area contributed by atoms with Crippen molar-refractivity contribution in [1.82, 2.24) is 0 Å². The Morgan fingerprint density at radius 2 is 2.15 bits per heavy atom. The molecule has 2 N–H and O–H groups in total. The lowest BCUT2D eigenvalue weighted by atomic mass is 10.1. The average molecular weight is 186 g/mol. The summed E-state index contributed by atoms with van der Waals surface area (Å²) in [5.74, 6) is 1.57. The molecule has 0 aromatic heterocycles. The van der Waals surface area contributed by atoms with Gasteiger partial charge in [-0.05, 0) is 13.8 Å². The number of hydrogen-bond donors (Lipinski definition) is 2. The van der Waals surface area contributed by atoms with E-state index in [0.29, 0.717) is 0 Å². The fourth-order valence-electron chi connectivity index (χ4n) is 1.30. The Balaban J connectivity index is 2.70. The molecule has 1 saturated heterocycles. The lowest BCUT2D eigenvalue weighted by Crippen LogP contribution is -2.37. The Kier molecular flexibility index (Phi) is 2.94. The number of aliphatic hydroxyl groups excluding tert-OH is 2. The number of rotatable bonds is 2. The molecule has 4 heteroatoms. The van der Waals surface area contributed by atoms with Crippen molar-refractivity contribution in [1.29, 1.82) is 0 Å². The number of ether oxygens (including phenoxy) is 2. The van der Waals surface area contributed by atoms with Gasteiger partial charge in [0.2, 0.25) is 0 Å². The van der Waals surface area contributed by atoms with Crippen LogP contribution in [0.4, 0.5) is 0 Å². The van der Waals surface area contributed by atoms with Crippen LogP contribution in [0, 0.1) is 12.3 Å². The van der Waals surface area contributed by atoms with Crippen molar-refractivity contribution in [3.63, 3.8) is 0 Å². The van der Waals surface area contributed by atoms with E-state index < -0.39 is 24.1 Å². The van der Waals surface area contributed by atoms with Crippen molar-refractivity contribution < 1.29 is 19.7 Å². The molecule has 1 aliphatic rings. The minimum absolute atomic E-state index is 0.387. The standard InChI is InChI=1S/C9H14O4/c1-4-7-8(6(11)5-10)13-9(2,3)12-7/h1,6-8,10-11H,5H2,2-3H3/t6-,7+,8+/m0/s1. The quantitative estimate of drug-likeness (QED) is 0.570. The van der Waals surface area contributed by atoms with Crippen LogP contribution in [0.5, 0.6) is 0 Å². The highest BCUT2D eigenvalue weighted by Crippen LogP contribution is 2.29. The first-order chi connectivity index (χ1) is 6.00. The van der Waals surface area contributed by atoms with Gasteiger partial charge in [0.1, 0.15) is 18.3 Å². The minimum atomic E-state index is -0.997. The zero-order valence-electron chi connectivity index (χ0n) is 7.73. The maximum atomic E-state index is 9.34. The molecule has 3 atom stereocenters. The van der Waals surface area contributed by atoms with Crippen LogP contribution >= 0.6 is 0 Å². The fraction of sp³-hybridized carbons (Fsp3) is 0.778. The van der Waals surface area contributed by atoms with Crippen LogP contribution in [0.15, 0.2) is 0 Å². The lowest BCUT2D eigenvalue weighted by Gasteiger charge is -2.18. The first-order valence-electron chi connectivity index (χ1n) is 4.11. The molecule has 1 heterocycles. The molecule has 1 rings (SSSR count). The Labute approximate surface area is 77.5 Å². The maximum absolute atomic E-state index is 9.34. The Morgan fingerprint density at radius 3 is 2.62 bits per heavy atom. The molecule has 0 saturated carbocycles. The third-order valence-corrected chi connectivity index (χ3v) is 1.86. The SMILES string of the molecule is C#C[C@H]1OC(C)(C)O[C@@H]1[C@@H](O)CO. The average Bonchev–Trinajstić information content (AvgIpc) is 2.39. The number of hydrogen-bond acceptors (Lipinski definition) is 4. The maximum Gasteiger partial charge on any atom is 0.165 e. The second-order valence-corrected chi connectivity index (χ2v) is 3.44. The van der Waals surface area contributed by atoms with Gasteiger partial charge < -0.3 is 19.7 Å². The molecule has 0 bridgehead atoms. The predicted molar refractivity (Wildman–Crippen MR) is 45.8 cm³/mol. The molecule has 13 heavy (non-hydrogen) atoms. The molecular weight excluding hydrogens is 172 g/mol. The van der Waals surface area contributed by atoms with Crippen LogP contribution in [0.1, 0.15) is 13.8 Å². The summed E-state index contributed by atoms with van der Waals surface area (Å²) in [6, 6.07) is 0. The number of aliphatic hydroxyl groups is 2. The molecule has 0 aromatic carbocycles. The van der Waals surface area contributed by atoms with Crippen LogP contribution in [0.3, 0.4) is 0 Å². The van der Waals surface area contributed by atoms with E-state index in [4.69, 9.17) is 21.0 Å². The third-order valence-electron chi connectivity index (χ3n) is 1.86. The Bertz CT molecular complexity index is 218. The van der Waals surface area contributed by atoms with Crippen LogP contribution in [0.2, 0.25) is 0 Å². The molecule has 0 unspecified atom stereocenters. The van der Waals surface area contributed by atoms with E-state index in [1.807, 2.05) is 0 Å². The van der Waals surface area contributed by atoms with Gasteiger partial charge in [-0.2, -0.15) is 0 Å². The normalized spacial score (nSPS) is 34.1. The van der Waals surface area contributed by atoms with Crippen LogP contribution in [-0.4, -0.2) is 40.9 Å². The van der Waals surface area contributed by atoms with Gasteiger partial charge in [-0.15, -0.1) is 6.42 Å². The zero-order valence-corrected chi connectivity index (χ0v) is 7.73. The molecule has 1 fully saturated rings. The second kappa shape index (κ2) is 3.64. The summed E-state index contributed by atoms with van der Waals surface area (Å²) in [6.45, 7) is 3.03. The molecule has 0 radical (unpaired) electrons. The largest absolute Gasteiger partial charge is 0.394 e. The van der Waals surface area contributed by atoms with Gasteiger partial charge in [0.15, 0.2) is 5.79 Å². The summed E-state index contributed by atoms with van der Waals surface area (Å²) in [5, 5.41) is 18.1. The molecule has 0 spiro atoms. The van der Waals surface area contributed by atoms with Crippen LogP contribution in [-0.2, 0) is 9.47 Å². The smallest absolute Gasteiger partial charge is 0.165 e. The minimum Gasteiger partial charge on any atom is -0.394 e. The molecule has 0 aliphatic carbocycles. The Morgan fingerprint density at radius 1 is 1.54 bits per heavy atom.